The zero-order valence-corrected chi connectivity index (χ0v) is 12.5. The minimum Gasteiger partial charge on any atom is -0.369 e. The molecule has 1 aromatic rings. The van der Waals surface area contributed by atoms with Crippen LogP contribution in [0.1, 0.15) is 38.2 Å². The molecule has 98 valence electrons. The van der Waals surface area contributed by atoms with Gasteiger partial charge in [0.15, 0.2) is 0 Å². The van der Waals surface area contributed by atoms with Crippen molar-refractivity contribution in [2.24, 2.45) is 0 Å². The monoisotopic (exact) mass is 308 g/mol. The summed E-state index contributed by atoms with van der Waals surface area (Å²) in [4.78, 5) is 2.56. The molecular formula is C15H21BrN2. The molecule has 0 saturated heterocycles. The van der Waals surface area contributed by atoms with Crippen molar-refractivity contribution in [2.75, 3.05) is 11.4 Å². The van der Waals surface area contributed by atoms with E-state index in [1.54, 1.807) is 0 Å². The summed E-state index contributed by atoms with van der Waals surface area (Å²) in [5, 5.41) is 3.63. The fraction of sp³-hybridized carbons (Fsp3) is 0.600. The Morgan fingerprint density at radius 2 is 2.06 bits per heavy atom. The number of benzene rings is 1. The Bertz CT molecular complexity index is 425. The number of nitrogens with one attached hydrogen (secondary N) is 1. The van der Waals surface area contributed by atoms with Gasteiger partial charge in [-0.15, -0.1) is 0 Å². The molecule has 0 unspecified atom stereocenters. The largest absolute Gasteiger partial charge is 0.369 e. The third-order valence-electron chi connectivity index (χ3n) is 3.84. The van der Waals surface area contributed by atoms with Gasteiger partial charge in [-0.1, -0.05) is 22.0 Å². The van der Waals surface area contributed by atoms with E-state index in [2.05, 4.69) is 51.3 Å². The zero-order chi connectivity index (χ0) is 12.5. The van der Waals surface area contributed by atoms with Gasteiger partial charge >= 0.3 is 0 Å². The van der Waals surface area contributed by atoms with E-state index in [-0.39, 0.29) is 0 Å². The highest BCUT2D eigenvalue weighted by molar-refractivity contribution is 9.10. The first-order valence-corrected chi connectivity index (χ1v) is 7.85. The summed E-state index contributed by atoms with van der Waals surface area (Å²) in [6, 6.07) is 8.26. The molecule has 3 heteroatoms. The Hall–Kier alpha value is -0.540. The van der Waals surface area contributed by atoms with Gasteiger partial charge in [0.05, 0.1) is 0 Å². The first-order chi connectivity index (χ1) is 8.78. The fourth-order valence-corrected chi connectivity index (χ4v) is 2.86. The molecule has 1 N–H and O–H groups in total. The van der Waals surface area contributed by atoms with Crippen LogP contribution in [0.5, 0.6) is 0 Å². The van der Waals surface area contributed by atoms with Crippen molar-refractivity contribution >= 4 is 21.6 Å². The van der Waals surface area contributed by atoms with Crippen LogP contribution in [0.4, 0.5) is 5.69 Å². The molecule has 0 bridgehead atoms. The minimum atomic E-state index is 0.775. The Kier molecular flexibility index (Phi) is 3.62. The number of hydrogen-bond donors (Lipinski definition) is 1. The third kappa shape index (κ3) is 2.89. The normalized spacial score (nSPS) is 19.0. The number of halogens is 1. The van der Waals surface area contributed by atoms with Crippen LogP contribution in [-0.4, -0.2) is 18.6 Å². The van der Waals surface area contributed by atoms with E-state index in [9.17, 15) is 0 Å². The van der Waals surface area contributed by atoms with E-state index in [1.807, 2.05) is 0 Å². The second-order valence-corrected chi connectivity index (χ2v) is 6.36. The SMILES string of the molecule is CCN(c1cc(Br)ccc1CNC1CC1)C1CC1. The highest BCUT2D eigenvalue weighted by Crippen LogP contribution is 2.35. The second kappa shape index (κ2) is 5.22. The zero-order valence-electron chi connectivity index (χ0n) is 11.0. The van der Waals surface area contributed by atoms with Gasteiger partial charge in [0.1, 0.15) is 0 Å². The maximum atomic E-state index is 3.63. The van der Waals surface area contributed by atoms with Crippen LogP contribution in [0, 0.1) is 0 Å². The first-order valence-electron chi connectivity index (χ1n) is 7.06. The highest BCUT2D eigenvalue weighted by Gasteiger charge is 2.29. The maximum Gasteiger partial charge on any atom is 0.0425 e. The van der Waals surface area contributed by atoms with Crippen LogP contribution in [0.2, 0.25) is 0 Å². The minimum absolute atomic E-state index is 0.775. The molecule has 1 aromatic carbocycles. The molecule has 2 nitrogen and oxygen atoms in total. The van der Waals surface area contributed by atoms with E-state index >= 15 is 0 Å². The molecule has 2 aliphatic rings. The molecule has 0 atom stereocenters. The second-order valence-electron chi connectivity index (χ2n) is 5.45. The lowest BCUT2D eigenvalue weighted by Crippen LogP contribution is -2.27. The van der Waals surface area contributed by atoms with Gasteiger partial charge in [0.2, 0.25) is 0 Å². The van der Waals surface area contributed by atoms with Crippen LogP contribution in [0.3, 0.4) is 0 Å². The highest BCUT2D eigenvalue weighted by atomic mass is 79.9. The van der Waals surface area contributed by atoms with E-state index in [1.165, 1.54) is 41.4 Å². The standard InChI is InChI=1S/C15H21BrN2/c1-2-18(14-7-8-14)15-9-12(16)4-3-11(15)10-17-13-5-6-13/h3-4,9,13-14,17H,2,5-8,10H2,1H3. The van der Waals surface area contributed by atoms with Gasteiger partial charge in [-0.2, -0.15) is 0 Å². The Balaban J connectivity index is 1.81. The molecule has 2 saturated carbocycles. The molecule has 0 amide bonds. The van der Waals surface area contributed by atoms with Gasteiger partial charge in [-0.25, -0.2) is 0 Å². The molecule has 0 spiro atoms. The molecular weight excluding hydrogens is 288 g/mol. The van der Waals surface area contributed by atoms with Crippen LogP contribution in [0.25, 0.3) is 0 Å². The van der Waals surface area contributed by atoms with Crippen molar-refractivity contribution in [3.63, 3.8) is 0 Å². The smallest absolute Gasteiger partial charge is 0.0425 e. The molecule has 3 rings (SSSR count). The summed E-state index contributed by atoms with van der Waals surface area (Å²) in [6.07, 6.45) is 5.42. The van der Waals surface area contributed by atoms with Crippen molar-refractivity contribution in [2.45, 2.75) is 51.2 Å². The van der Waals surface area contributed by atoms with E-state index in [0.717, 1.165) is 25.2 Å². The number of hydrogen-bond acceptors (Lipinski definition) is 2. The Morgan fingerprint density at radius 1 is 1.28 bits per heavy atom. The average Bonchev–Trinajstić information content (AvgIpc) is 3.23. The molecule has 2 fully saturated rings. The summed E-state index contributed by atoms with van der Waals surface area (Å²) in [5.41, 5.74) is 2.86. The van der Waals surface area contributed by atoms with Gasteiger partial charge in [0.25, 0.3) is 0 Å². The lowest BCUT2D eigenvalue weighted by Gasteiger charge is -2.26. The number of rotatable bonds is 6. The molecule has 18 heavy (non-hydrogen) atoms. The Labute approximate surface area is 118 Å². The fourth-order valence-electron chi connectivity index (χ4n) is 2.51. The van der Waals surface area contributed by atoms with Crippen LogP contribution < -0.4 is 10.2 Å². The summed E-state index contributed by atoms with van der Waals surface area (Å²) < 4.78 is 1.19. The quantitative estimate of drug-likeness (QED) is 0.862. The topological polar surface area (TPSA) is 15.3 Å². The van der Waals surface area contributed by atoms with Crippen molar-refractivity contribution in [1.82, 2.24) is 5.32 Å². The summed E-state index contributed by atoms with van der Waals surface area (Å²) in [5.74, 6) is 0. The van der Waals surface area contributed by atoms with Gasteiger partial charge in [-0.05, 0) is 50.3 Å². The van der Waals surface area contributed by atoms with E-state index in [0.29, 0.717) is 0 Å². The lowest BCUT2D eigenvalue weighted by molar-refractivity contribution is 0.683. The summed E-state index contributed by atoms with van der Waals surface area (Å²) in [6.45, 7) is 4.38. The van der Waals surface area contributed by atoms with Crippen LogP contribution in [-0.2, 0) is 6.54 Å². The molecule has 0 aliphatic heterocycles. The van der Waals surface area contributed by atoms with E-state index < -0.39 is 0 Å². The summed E-state index contributed by atoms with van der Waals surface area (Å²) >= 11 is 3.61. The molecule has 2 aliphatic carbocycles. The average molecular weight is 309 g/mol. The third-order valence-corrected chi connectivity index (χ3v) is 4.34. The van der Waals surface area contributed by atoms with Crippen LogP contribution in [0.15, 0.2) is 22.7 Å². The number of nitrogens with zero attached hydrogens (tertiary/aromatic N) is 1. The van der Waals surface area contributed by atoms with Crippen molar-refractivity contribution in [1.29, 1.82) is 0 Å². The molecule has 0 radical (unpaired) electrons. The van der Waals surface area contributed by atoms with Gasteiger partial charge in [-0.3, -0.25) is 0 Å². The van der Waals surface area contributed by atoms with Gasteiger partial charge < -0.3 is 10.2 Å². The van der Waals surface area contributed by atoms with Crippen LogP contribution >= 0.6 is 15.9 Å². The Morgan fingerprint density at radius 3 is 2.67 bits per heavy atom. The van der Waals surface area contributed by atoms with Crippen molar-refractivity contribution in [3.05, 3.63) is 28.2 Å². The van der Waals surface area contributed by atoms with Crippen molar-refractivity contribution in [3.8, 4) is 0 Å². The molecule has 0 heterocycles. The predicted molar refractivity (Wildman–Crippen MR) is 80.0 cm³/mol. The van der Waals surface area contributed by atoms with E-state index in [4.69, 9.17) is 0 Å². The lowest BCUT2D eigenvalue weighted by atomic mass is 10.1. The number of anilines is 1. The predicted octanol–water partition coefficient (Wildman–Crippen LogP) is 3.69. The first kappa shape index (κ1) is 12.5. The maximum absolute atomic E-state index is 3.63. The van der Waals surface area contributed by atoms with Crippen molar-refractivity contribution < 1.29 is 0 Å². The molecule has 0 aromatic heterocycles. The summed E-state index contributed by atoms with van der Waals surface area (Å²) in [7, 11) is 0. The van der Waals surface area contributed by atoms with Gasteiger partial charge in [0, 0.05) is 35.3 Å².